The number of halogens is 1. The van der Waals surface area contributed by atoms with Gasteiger partial charge in [-0.15, -0.1) is 0 Å². The van der Waals surface area contributed by atoms with E-state index in [2.05, 4.69) is 4.98 Å². The SMILES string of the molecule is Cc1cc(Oc2ccc([C@H](C)O)nc2)c(F)cc1[N+](=O)[O-]. The van der Waals surface area contributed by atoms with Gasteiger partial charge in [0.2, 0.25) is 0 Å². The lowest BCUT2D eigenvalue weighted by molar-refractivity contribution is -0.385. The first-order valence-corrected chi connectivity index (χ1v) is 6.15. The van der Waals surface area contributed by atoms with Crippen molar-refractivity contribution in [2.24, 2.45) is 0 Å². The van der Waals surface area contributed by atoms with E-state index in [1.807, 2.05) is 0 Å². The lowest BCUT2D eigenvalue weighted by atomic mass is 10.2. The van der Waals surface area contributed by atoms with Gasteiger partial charge in [0.15, 0.2) is 11.6 Å². The summed E-state index contributed by atoms with van der Waals surface area (Å²) in [4.78, 5) is 14.0. The Bertz CT molecular complexity index is 671. The van der Waals surface area contributed by atoms with Gasteiger partial charge in [0.1, 0.15) is 5.75 Å². The number of pyridine rings is 1. The molecule has 1 N–H and O–H groups in total. The number of nitro groups is 1. The Morgan fingerprint density at radius 2 is 2.14 bits per heavy atom. The number of nitrogens with zero attached hydrogens (tertiary/aromatic N) is 2. The van der Waals surface area contributed by atoms with E-state index >= 15 is 0 Å². The number of ether oxygens (including phenoxy) is 1. The van der Waals surface area contributed by atoms with Gasteiger partial charge in [0.25, 0.3) is 5.69 Å². The van der Waals surface area contributed by atoms with Crippen molar-refractivity contribution in [3.63, 3.8) is 0 Å². The number of hydrogen-bond donors (Lipinski definition) is 1. The van der Waals surface area contributed by atoms with Crippen LogP contribution in [0.15, 0.2) is 30.5 Å². The molecule has 0 unspecified atom stereocenters. The highest BCUT2D eigenvalue weighted by Gasteiger charge is 2.17. The van der Waals surface area contributed by atoms with Gasteiger partial charge in [-0.2, -0.15) is 0 Å². The third-order valence-corrected chi connectivity index (χ3v) is 2.86. The summed E-state index contributed by atoms with van der Waals surface area (Å²) >= 11 is 0. The largest absolute Gasteiger partial charge is 0.453 e. The standard InChI is InChI=1S/C14H13FN2O4/c1-8-5-14(11(15)6-13(8)17(19)20)21-10-3-4-12(9(2)18)16-7-10/h3-7,9,18H,1-2H3/t9-/m0/s1. The zero-order chi connectivity index (χ0) is 15.6. The summed E-state index contributed by atoms with van der Waals surface area (Å²) in [5.41, 5.74) is 0.454. The van der Waals surface area contributed by atoms with Crippen LogP contribution < -0.4 is 4.74 Å². The van der Waals surface area contributed by atoms with Crippen molar-refractivity contribution in [2.75, 3.05) is 0 Å². The third-order valence-electron chi connectivity index (χ3n) is 2.86. The van der Waals surface area contributed by atoms with Gasteiger partial charge in [0.05, 0.1) is 29.0 Å². The maximum absolute atomic E-state index is 13.8. The van der Waals surface area contributed by atoms with Crippen LogP contribution >= 0.6 is 0 Å². The molecule has 0 saturated heterocycles. The van der Waals surface area contributed by atoms with Crippen molar-refractivity contribution in [1.29, 1.82) is 0 Å². The molecular formula is C14H13FN2O4. The summed E-state index contributed by atoms with van der Waals surface area (Å²) in [5.74, 6) is -0.678. The molecule has 1 heterocycles. The molecule has 1 atom stereocenters. The van der Waals surface area contributed by atoms with Crippen LogP contribution in [0.2, 0.25) is 0 Å². The molecule has 21 heavy (non-hydrogen) atoms. The van der Waals surface area contributed by atoms with E-state index in [1.54, 1.807) is 13.0 Å². The predicted octanol–water partition coefficient (Wildman–Crippen LogP) is 3.28. The molecule has 0 aliphatic heterocycles. The van der Waals surface area contributed by atoms with Crippen LogP contribution in [0, 0.1) is 22.9 Å². The maximum Gasteiger partial charge on any atom is 0.275 e. The molecule has 0 radical (unpaired) electrons. The van der Waals surface area contributed by atoms with Crippen LogP contribution in [0.1, 0.15) is 24.3 Å². The first kappa shape index (κ1) is 14.9. The molecular weight excluding hydrogens is 279 g/mol. The lowest BCUT2D eigenvalue weighted by Crippen LogP contribution is -1.97. The van der Waals surface area contributed by atoms with E-state index in [0.717, 1.165) is 6.07 Å². The zero-order valence-corrected chi connectivity index (χ0v) is 11.4. The Morgan fingerprint density at radius 3 is 2.67 bits per heavy atom. The van der Waals surface area contributed by atoms with E-state index < -0.39 is 16.8 Å². The van der Waals surface area contributed by atoms with E-state index in [1.165, 1.54) is 25.3 Å². The number of aryl methyl sites for hydroxylation is 1. The summed E-state index contributed by atoms with van der Waals surface area (Å²) in [5, 5.41) is 20.0. The first-order chi connectivity index (χ1) is 9.88. The van der Waals surface area contributed by atoms with Crippen molar-refractivity contribution >= 4 is 5.69 Å². The maximum atomic E-state index is 13.8. The fourth-order valence-electron chi connectivity index (χ4n) is 1.75. The van der Waals surface area contributed by atoms with Crippen LogP contribution in [-0.2, 0) is 0 Å². The van der Waals surface area contributed by atoms with Crippen LogP contribution in [0.25, 0.3) is 0 Å². The predicted molar refractivity (Wildman–Crippen MR) is 72.7 cm³/mol. The number of aromatic nitrogens is 1. The second-order valence-corrected chi connectivity index (χ2v) is 4.52. The summed E-state index contributed by atoms with van der Waals surface area (Å²) < 4.78 is 19.1. The first-order valence-electron chi connectivity index (χ1n) is 6.15. The topological polar surface area (TPSA) is 85.5 Å². The molecule has 7 heteroatoms. The van der Waals surface area contributed by atoms with Gasteiger partial charge in [-0.05, 0) is 32.0 Å². The minimum Gasteiger partial charge on any atom is -0.453 e. The quantitative estimate of drug-likeness (QED) is 0.690. The summed E-state index contributed by atoms with van der Waals surface area (Å²) in [6, 6.07) is 5.17. The highest BCUT2D eigenvalue weighted by Crippen LogP contribution is 2.30. The van der Waals surface area contributed by atoms with Crippen molar-refractivity contribution < 1.29 is 19.2 Å². The van der Waals surface area contributed by atoms with Crippen molar-refractivity contribution in [3.8, 4) is 11.5 Å². The monoisotopic (exact) mass is 292 g/mol. The minimum atomic E-state index is -0.827. The Kier molecular flexibility index (Phi) is 4.13. The van der Waals surface area contributed by atoms with Gasteiger partial charge in [-0.3, -0.25) is 15.1 Å². The van der Waals surface area contributed by atoms with Gasteiger partial charge in [-0.1, -0.05) is 0 Å². The van der Waals surface area contributed by atoms with Crippen LogP contribution in [0.5, 0.6) is 11.5 Å². The number of rotatable bonds is 4. The fraction of sp³-hybridized carbons (Fsp3) is 0.214. The average molecular weight is 292 g/mol. The van der Waals surface area contributed by atoms with E-state index in [9.17, 15) is 19.6 Å². The molecule has 1 aromatic heterocycles. The third kappa shape index (κ3) is 3.32. The fourth-order valence-corrected chi connectivity index (χ4v) is 1.75. The summed E-state index contributed by atoms with van der Waals surface area (Å²) in [6.07, 6.45) is 0.635. The van der Waals surface area contributed by atoms with Crippen molar-refractivity contribution in [2.45, 2.75) is 20.0 Å². The molecule has 6 nitrogen and oxygen atoms in total. The highest BCUT2D eigenvalue weighted by atomic mass is 19.1. The number of benzene rings is 1. The molecule has 0 bridgehead atoms. The second-order valence-electron chi connectivity index (χ2n) is 4.52. The van der Waals surface area contributed by atoms with Crippen molar-refractivity contribution in [1.82, 2.24) is 4.98 Å². The Morgan fingerprint density at radius 1 is 1.43 bits per heavy atom. The molecule has 2 aromatic rings. The smallest absolute Gasteiger partial charge is 0.275 e. The number of hydrogen-bond acceptors (Lipinski definition) is 5. The Labute approximate surface area is 120 Å². The van der Waals surface area contributed by atoms with Crippen LogP contribution in [0.4, 0.5) is 10.1 Å². The van der Waals surface area contributed by atoms with E-state index in [4.69, 9.17) is 4.74 Å². The highest BCUT2D eigenvalue weighted by molar-refractivity contribution is 5.46. The van der Waals surface area contributed by atoms with Crippen LogP contribution in [-0.4, -0.2) is 15.0 Å². The van der Waals surface area contributed by atoms with Crippen LogP contribution in [0.3, 0.4) is 0 Å². The summed E-state index contributed by atoms with van der Waals surface area (Å²) in [6.45, 7) is 3.07. The molecule has 0 aliphatic rings. The molecule has 0 fully saturated rings. The normalized spacial score (nSPS) is 12.0. The van der Waals surface area contributed by atoms with E-state index in [-0.39, 0.29) is 17.2 Å². The number of aliphatic hydroxyl groups excluding tert-OH is 1. The number of nitro benzene ring substituents is 1. The molecule has 0 spiro atoms. The van der Waals surface area contributed by atoms with Gasteiger partial charge in [0, 0.05) is 5.56 Å². The molecule has 110 valence electrons. The van der Waals surface area contributed by atoms with E-state index in [0.29, 0.717) is 11.3 Å². The van der Waals surface area contributed by atoms with Crippen molar-refractivity contribution in [3.05, 3.63) is 57.7 Å². The van der Waals surface area contributed by atoms with Gasteiger partial charge >= 0.3 is 0 Å². The molecule has 0 amide bonds. The zero-order valence-electron chi connectivity index (χ0n) is 11.4. The molecule has 1 aromatic carbocycles. The Balaban J connectivity index is 2.27. The minimum absolute atomic E-state index is 0.121. The second kappa shape index (κ2) is 5.84. The molecule has 2 rings (SSSR count). The van der Waals surface area contributed by atoms with Gasteiger partial charge in [-0.25, -0.2) is 4.39 Å². The molecule has 0 aliphatic carbocycles. The number of aliphatic hydroxyl groups is 1. The lowest BCUT2D eigenvalue weighted by Gasteiger charge is -2.09. The summed E-state index contributed by atoms with van der Waals surface area (Å²) in [7, 11) is 0. The molecule has 0 saturated carbocycles. The Hall–Kier alpha value is -2.54. The van der Waals surface area contributed by atoms with Gasteiger partial charge < -0.3 is 9.84 Å². The average Bonchev–Trinajstić information content (AvgIpc) is 2.42.